The summed E-state index contributed by atoms with van der Waals surface area (Å²) in [5.41, 5.74) is -0.132. The molecule has 5 nitrogen and oxygen atoms in total. The molecule has 0 bridgehead atoms. The topological polar surface area (TPSA) is 47.6 Å². The minimum Gasteiger partial charge on any atom is -0.360 e. The Morgan fingerprint density at radius 2 is 2.10 bits per heavy atom. The number of amides is 1. The van der Waals surface area contributed by atoms with Crippen molar-refractivity contribution >= 4 is 23.2 Å². The number of carbonyl (C=O) groups excluding carboxylic acids is 1. The summed E-state index contributed by atoms with van der Waals surface area (Å²) >= 11 is 5.49. The summed E-state index contributed by atoms with van der Waals surface area (Å²) in [6.45, 7) is 7.52. The molecule has 2 saturated heterocycles. The van der Waals surface area contributed by atoms with Crippen molar-refractivity contribution in [2.45, 2.75) is 51.2 Å². The van der Waals surface area contributed by atoms with Crippen LogP contribution in [0.3, 0.4) is 0 Å². The van der Waals surface area contributed by atoms with Gasteiger partial charge in [0.15, 0.2) is 5.11 Å². The summed E-state index contributed by atoms with van der Waals surface area (Å²) < 4.78 is 0. The van der Waals surface area contributed by atoms with Gasteiger partial charge in [0.05, 0.1) is 12.2 Å². The van der Waals surface area contributed by atoms with Gasteiger partial charge < -0.3 is 15.1 Å². The maximum Gasteiger partial charge on any atom is 0.238 e. The van der Waals surface area contributed by atoms with E-state index in [1.165, 1.54) is 12.8 Å². The highest BCUT2D eigenvalue weighted by molar-refractivity contribution is 7.80. The van der Waals surface area contributed by atoms with Crippen LogP contribution < -0.4 is 10.6 Å². The Bertz CT molecular complexity index is 427. The van der Waals surface area contributed by atoms with Crippen LogP contribution in [0.2, 0.25) is 0 Å². The van der Waals surface area contributed by atoms with Gasteiger partial charge in [-0.25, -0.2) is 0 Å². The molecule has 0 aromatic heterocycles. The molecule has 118 valence electrons. The fraction of sp³-hybridized carbons (Fsp3) is 0.867. The Hall–Kier alpha value is -0.880. The molecule has 3 aliphatic rings. The van der Waals surface area contributed by atoms with E-state index in [2.05, 4.69) is 34.3 Å². The molecule has 1 spiro atoms. The Labute approximate surface area is 132 Å². The summed E-state index contributed by atoms with van der Waals surface area (Å²) in [7, 11) is 0. The number of nitrogens with zero attached hydrogens (tertiary/aromatic N) is 2. The van der Waals surface area contributed by atoms with E-state index in [0.717, 1.165) is 37.6 Å². The van der Waals surface area contributed by atoms with Crippen LogP contribution in [0.1, 0.15) is 39.5 Å². The Morgan fingerprint density at radius 1 is 1.43 bits per heavy atom. The molecule has 2 N–H and O–H groups in total. The Kier molecular flexibility index (Phi) is 4.10. The van der Waals surface area contributed by atoms with Gasteiger partial charge in [-0.1, -0.05) is 13.8 Å². The van der Waals surface area contributed by atoms with Gasteiger partial charge in [-0.05, 0) is 31.0 Å². The molecule has 0 aromatic carbocycles. The van der Waals surface area contributed by atoms with Crippen LogP contribution in [0.5, 0.6) is 0 Å². The molecule has 2 heterocycles. The van der Waals surface area contributed by atoms with Gasteiger partial charge in [0.2, 0.25) is 5.91 Å². The third-order valence-electron chi connectivity index (χ3n) is 4.72. The molecule has 0 radical (unpaired) electrons. The zero-order valence-corrected chi connectivity index (χ0v) is 13.8. The van der Waals surface area contributed by atoms with Gasteiger partial charge in [0.25, 0.3) is 0 Å². The average molecular weight is 310 g/mol. The molecule has 0 atom stereocenters. The lowest BCUT2D eigenvalue weighted by Gasteiger charge is -2.45. The first-order chi connectivity index (χ1) is 10.00. The molecule has 6 heteroatoms. The van der Waals surface area contributed by atoms with Crippen LogP contribution in [-0.2, 0) is 4.79 Å². The van der Waals surface area contributed by atoms with Crippen molar-refractivity contribution in [1.29, 1.82) is 0 Å². The van der Waals surface area contributed by atoms with Crippen LogP contribution in [0.25, 0.3) is 0 Å². The summed E-state index contributed by atoms with van der Waals surface area (Å²) in [6.07, 6.45) is 4.40. The summed E-state index contributed by atoms with van der Waals surface area (Å²) in [6, 6.07) is 0.608. The van der Waals surface area contributed by atoms with Gasteiger partial charge in [0.1, 0.15) is 0 Å². The van der Waals surface area contributed by atoms with Gasteiger partial charge in [-0.15, -0.1) is 0 Å². The highest BCUT2D eigenvalue weighted by atomic mass is 32.1. The quantitative estimate of drug-likeness (QED) is 0.759. The second-order valence-electron chi connectivity index (χ2n) is 6.99. The first kappa shape index (κ1) is 15.0. The molecule has 1 saturated carbocycles. The SMILES string of the molecule is CC(C)CN1C(=O)CNC12CCN(C(=S)NC1CC1)CC2. The zero-order valence-electron chi connectivity index (χ0n) is 13.0. The zero-order chi connectivity index (χ0) is 15.0. The summed E-state index contributed by atoms with van der Waals surface area (Å²) in [5.74, 6) is 0.747. The largest absolute Gasteiger partial charge is 0.360 e. The average Bonchev–Trinajstić information content (AvgIpc) is 3.21. The summed E-state index contributed by atoms with van der Waals surface area (Å²) in [5, 5.41) is 7.78. The lowest BCUT2D eigenvalue weighted by atomic mass is 9.95. The third-order valence-corrected chi connectivity index (χ3v) is 5.09. The molecule has 1 aliphatic carbocycles. The lowest BCUT2D eigenvalue weighted by molar-refractivity contribution is -0.132. The second-order valence-corrected chi connectivity index (χ2v) is 7.38. The number of likely N-dealkylation sites (tertiary alicyclic amines) is 1. The van der Waals surface area contributed by atoms with Crippen LogP contribution in [0.4, 0.5) is 0 Å². The van der Waals surface area contributed by atoms with Crippen molar-refractivity contribution in [1.82, 2.24) is 20.4 Å². The maximum absolute atomic E-state index is 12.2. The molecule has 3 rings (SSSR count). The number of carbonyl (C=O) groups is 1. The number of rotatable bonds is 3. The highest BCUT2D eigenvalue weighted by Gasteiger charge is 2.47. The van der Waals surface area contributed by atoms with Gasteiger partial charge in [0, 0.05) is 38.5 Å². The van der Waals surface area contributed by atoms with E-state index in [0.29, 0.717) is 18.5 Å². The number of hydrogen-bond acceptors (Lipinski definition) is 3. The van der Waals surface area contributed by atoms with Crippen molar-refractivity contribution in [2.75, 3.05) is 26.2 Å². The molecule has 2 aliphatic heterocycles. The van der Waals surface area contributed by atoms with Crippen molar-refractivity contribution in [3.05, 3.63) is 0 Å². The van der Waals surface area contributed by atoms with E-state index >= 15 is 0 Å². The van der Waals surface area contributed by atoms with E-state index < -0.39 is 0 Å². The van der Waals surface area contributed by atoms with Crippen molar-refractivity contribution in [2.24, 2.45) is 5.92 Å². The fourth-order valence-electron chi connectivity index (χ4n) is 3.33. The van der Waals surface area contributed by atoms with E-state index in [1.54, 1.807) is 0 Å². The highest BCUT2D eigenvalue weighted by Crippen LogP contribution is 2.31. The first-order valence-electron chi connectivity index (χ1n) is 8.11. The van der Waals surface area contributed by atoms with Crippen molar-refractivity contribution in [3.63, 3.8) is 0 Å². The van der Waals surface area contributed by atoms with Gasteiger partial charge in [-0.2, -0.15) is 0 Å². The minimum atomic E-state index is -0.132. The van der Waals surface area contributed by atoms with Crippen molar-refractivity contribution in [3.8, 4) is 0 Å². The molecular formula is C15H26N4OS. The summed E-state index contributed by atoms with van der Waals surface area (Å²) in [4.78, 5) is 16.5. The molecule has 21 heavy (non-hydrogen) atoms. The number of hydrogen-bond donors (Lipinski definition) is 2. The second kappa shape index (κ2) is 5.72. The Morgan fingerprint density at radius 3 is 2.67 bits per heavy atom. The number of nitrogens with one attached hydrogen (secondary N) is 2. The first-order valence-corrected chi connectivity index (χ1v) is 8.52. The predicted molar refractivity (Wildman–Crippen MR) is 86.8 cm³/mol. The van der Waals surface area contributed by atoms with E-state index in [4.69, 9.17) is 12.2 Å². The lowest BCUT2D eigenvalue weighted by Crippen LogP contribution is -2.60. The van der Waals surface area contributed by atoms with E-state index in [9.17, 15) is 4.79 Å². The normalized spacial score (nSPS) is 25.0. The van der Waals surface area contributed by atoms with Gasteiger partial charge >= 0.3 is 0 Å². The van der Waals surface area contributed by atoms with Crippen LogP contribution >= 0.6 is 12.2 Å². The van der Waals surface area contributed by atoms with E-state index in [-0.39, 0.29) is 11.6 Å². The monoisotopic (exact) mass is 310 g/mol. The van der Waals surface area contributed by atoms with Gasteiger partial charge in [-0.3, -0.25) is 10.1 Å². The van der Waals surface area contributed by atoms with Crippen LogP contribution in [-0.4, -0.2) is 58.7 Å². The molecule has 0 unspecified atom stereocenters. The third kappa shape index (κ3) is 3.16. The van der Waals surface area contributed by atoms with Crippen LogP contribution in [0, 0.1) is 5.92 Å². The molecular weight excluding hydrogens is 284 g/mol. The smallest absolute Gasteiger partial charge is 0.238 e. The predicted octanol–water partition coefficient (Wildman–Crippen LogP) is 0.903. The standard InChI is InChI=1S/C15H26N4OS/c1-11(2)10-19-13(20)9-16-15(19)5-7-18(8-6-15)14(21)17-12-3-4-12/h11-12,16H,3-10H2,1-2H3,(H,17,21). The molecule has 0 aromatic rings. The number of thiocarbonyl (C=S) groups is 1. The Balaban J connectivity index is 1.60. The maximum atomic E-state index is 12.2. The molecule has 3 fully saturated rings. The number of piperidine rings is 1. The minimum absolute atomic E-state index is 0.132. The van der Waals surface area contributed by atoms with Crippen LogP contribution in [0.15, 0.2) is 0 Å². The van der Waals surface area contributed by atoms with E-state index in [1.807, 2.05) is 0 Å². The fourth-order valence-corrected chi connectivity index (χ4v) is 3.68. The molecule has 1 amide bonds. The van der Waals surface area contributed by atoms with Crippen molar-refractivity contribution < 1.29 is 4.79 Å².